The Balaban J connectivity index is 3.30. The highest BCUT2D eigenvalue weighted by molar-refractivity contribution is 6.33. The molecule has 1 aromatic carbocycles. The fourth-order valence-corrected chi connectivity index (χ4v) is 1.79. The topological polar surface area (TPSA) is 26.0 Å². The van der Waals surface area contributed by atoms with Crippen LogP contribution >= 0.6 is 11.6 Å². The number of rotatable bonds is 2. The maximum Gasteiger partial charge on any atom is 0.0530 e. The van der Waals surface area contributed by atoms with Gasteiger partial charge in [-0.1, -0.05) is 30.7 Å². The third kappa shape index (κ3) is 1.93. The zero-order valence-corrected chi connectivity index (χ0v) is 9.65. The summed E-state index contributed by atoms with van der Waals surface area (Å²) in [4.78, 5) is 0. The average molecular weight is 210 g/mol. The molecule has 0 heterocycles. The van der Waals surface area contributed by atoms with Crippen LogP contribution in [0.1, 0.15) is 31.4 Å². The van der Waals surface area contributed by atoms with Crippen molar-refractivity contribution >= 4 is 22.9 Å². The number of nitrogens with two attached hydrogens (primary N) is 1. The van der Waals surface area contributed by atoms with Crippen molar-refractivity contribution in [2.75, 3.05) is 5.73 Å². The maximum absolute atomic E-state index is 6.23. The second-order valence-electron chi connectivity index (χ2n) is 3.31. The number of anilines is 1. The van der Waals surface area contributed by atoms with E-state index in [2.05, 4.69) is 13.0 Å². The van der Waals surface area contributed by atoms with Crippen molar-refractivity contribution in [1.82, 2.24) is 0 Å². The number of benzene rings is 1. The fourth-order valence-electron chi connectivity index (χ4n) is 1.50. The van der Waals surface area contributed by atoms with E-state index in [0.717, 1.165) is 28.3 Å². The lowest BCUT2D eigenvalue weighted by Crippen LogP contribution is -1.94. The zero-order chi connectivity index (χ0) is 10.7. The molecule has 0 saturated heterocycles. The van der Waals surface area contributed by atoms with Crippen LogP contribution in [0.5, 0.6) is 0 Å². The van der Waals surface area contributed by atoms with Crippen molar-refractivity contribution in [3.63, 3.8) is 0 Å². The molecule has 0 fully saturated rings. The van der Waals surface area contributed by atoms with Gasteiger partial charge in [0.25, 0.3) is 0 Å². The lowest BCUT2D eigenvalue weighted by molar-refractivity contribution is 1.23. The van der Waals surface area contributed by atoms with Gasteiger partial charge in [-0.05, 0) is 43.0 Å². The molecule has 0 spiro atoms. The summed E-state index contributed by atoms with van der Waals surface area (Å²) in [7, 11) is 0. The lowest BCUT2D eigenvalue weighted by Gasteiger charge is -2.11. The van der Waals surface area contributed by atoms with E-state index in [-0.39, 0.29) is 0 Å². The molecule has 0 aliphatic rings. The molecule has 0 unspecified atom stereocenters. The molecule has 1 rings (SSSR count). The second kappa shape index (κ2) is 4.52. The summed E-state index contributed by atoms with van der Waals surface area (Å²) in [6.45, 7) is 6.10. The molecular formula is C12H16ClN. The Morgan fingerprint density at radius 1 is 1.50 bits per heavy atom. The van der Waals surface area contributed by atoms with Gasteiger partial charge in [0.05, 0.1) is 5.02 Å². The minimum atomic E-state index is 0.755. The highest BCUT2D eigenvalue weighted by Gasteiger charge is 2.08. The van der Waals surface area contributed by atoms with Crippen molar-refractivity contribution in [2.24, 2.45) is 0 Å². The van der Waals surface area contributed by atoms with Crippen molar-refractivity contribution in [1.29, 1.82) is 0 Å². The Morgan fingerprint density at radius 3 is 2.64 bits per heavy atom. The molecule has 1 nitrogen and oxygen atoms in total. The molecule has 14 heavy (non-hydrogen) atoms. The molecule has 76 valence electrons. The Labute approximate surface area is 90.6 Å². The van der Waals surface area contributed by atoms with Crippen molar-refractivity contribution in [3.05, 3.63) is 34.4 Å². The first-order valence-corrected chi connectivity index (χ1v) is 5.19. The molecule has 0 radical (unpaired) electrons. The zero-order valence-electron chi connectivity index (χ0n) is 8.89. The Hall–Kier alpha value is -0.950. The van der Waals surface area contributed by atoms with Crippen LogP contribution in [0.25, 0.3) is 5.57 Å². The molecular weight excluding hydrogens is 194 g/mol. The monoisotopic (exact) mass is 209 g/mol. The van der Waals surface area contributed by atoms with Crippen LogP contribution < -0.4 is 5.73 Å². The summed E-state index contributed by atoms with van der Waals surface area (Å²) >= 11 is 6.23. The number of hydrogen-bond acceptors (Lipinski definition) is 1. The highest BCUT2D eigenvalue weighted by atomic mass is 35.5. The van der Waals surface area contributed by atoms with E-state index in [0.29, 0.717) is 0 Å². The van der Waals surface area contributed by atoms with Crippen LogP contribution in [-0.2, 0) is 0 Å². The number of halogens is 1. The molecule has 0 aromatic heterocycles. The Bertz CT molecular complexity index is 367. The van der Waals surface area contributed by atoms with Gasteiger partial charge in [0, 0.05) is 5.69 Å². The van der Waals surface area contributed by atoms with Crippen LogP contribution in [0.4, 0.5) is 5.69 Å². The number of nitrogen functional groups attached to an aromatic ring is 1. The second-order valence-corrected chi connectivity index (χ2v) is 3.69. The van der Waals surface area contributed by atoms with Crippen LogP contribution in [0.15, 0.2) is 18.2 Å². The first-order chi connectivity index (χ1) is 6.61. The smallest absolute Gasteiger partial charge is 0.0530 e. The van der Waals surface area contributed by atoms with Crippen LogP contribution in [0, 0.1) is 6.92 Å². The van der Waals surface area contributed by atoms with Gasteiger partial charge in [-0.3, -0.25) is 0 Å². The Morgan fingerprint density at radius 2 is 2.14 bits per heavy atom. The summed E-state index contributed by atoms with van der Waals surface area (Å²) in [5.41, 5.74) is 9.86. The van der Waals surface area contributed by atoms with Gasteiger partial charge < -0.3 is 5.73 Å². The molecule has 0 bridgehead atoms. The maximum atomic E-state index is 6.23. The fraction of sp³-hybridized carbons (Fsp3) is 0.333. The molecule has 0 amide bonds. The molecule has 1 aromatic rings. The summed E-state index contributed by atoms with van der Waals surface area (Å²) in [5.74, 6) is 0. The summed E-state index contributed by atoms with van der Waals surface area (Å²) in [6, 6.07) is 3.90. The normalized spacial score (nSPS) is 11.9. The average Bonchev–Trinajstić information content (AvgIpc) is 2.19. The quantitative estimate of drug-likeness (QED) is 0.731. The number of hydrogen-bond donors (Lipinski definition) is 1. The van der Waals surface area contributed by atoms with Crippen molar-refractivity contribution < 1.29 is 0 Å². The predicted molar refractivity (Wildman–Crippen MR) is 64.5 cm³/mol. The van der Waals surface area contributed by atoms with Gasteiger partial charge in [0.2, 0.25) is 0 Å². The SMILES string of the molecule is C/C=C(\CC)c1ccc(N)c(C)c1Cl. The molecule has 2 heteroatoms. The van der Waals surface area contributed by atoms with Gasteiger partial charge in [0.15, 0.2) is 0 Å². The van der Waals surface area contributed by atoms with Crippen molar-refractivity contribution in [3.8, 4) is 0 Å². The van der Waals surface area contributed by atoms with Crippen molar-refractivity contribution in [2.45, 2.75) is 27.2 Å². The van der Waals surface area contributed by atoms with Gasteiger partial charge in [-0.15, -0.1) is 0 Å². The molecule has 0 aliphatic heterocycles. The molecule has 0 atom stereocenters. The summed E-state index contributed by atoms with van der Waals surface area (Å²) < 4.78 is 0. The van der Waals surface area contributed by atoms with E-state index in [1.165, 1.54) is 5.57 Å². The Kier molecular flexibility index (Phi) is 3.59. The minimum absolute atomic E-state index is 0.755. The van der Waals surface area contributed by atoms with E-state index in [4.69, 9.17) is 17.3 Å². The summed E-state index contributed by atoms with van der Waals surface area (Å²) in [5, 5.41) is 0.778. The lowest BCUT2D eigenvalue weighted by atomic mass is 10.0. The van der Waals surface area contributed by atoms with Gasteiger partial charge in [0.1, 0.15) is 0 Å². The van der Waals surface area contributed by atoms with Gasteiger partial charge in [-0.25, -0.2) is 0 Å². The first kappa shape index (κ1) is 11.1. The summed E-state index contributed by atoms with van der Waals surface area (Å²) in [6.07, 6.45) is 3.08. The highest BCUT2D eigenvalue weighted by Crippen LogP contribution is 2.31. The van der Waals surface area contributed by atoms with E-state index in [1.54, 1.807) is 0 Å². The minimum Gasteiger partial charge on any atom is -0.398 e. The third-order valence-corrected chi connectivity index (χ3v) is 2.99. The van der Waals surface area contributed by atoms with E-state index < -0.39 is 0 Å². The van der Waals surface area contributed by atoms with Crippen LogP contribution in [0.2, 0.25) is 5.02 Å². The third-order valence-electron chi connectivity index (χ3n) is 2.50. The van der Waals surface area contributed by atoms with E-state index in [1.807, 2.05) is 26.0 Å². The largest absolute Gasteiger partial charge is 0.398 e. The van der Waals surface area contributed by atoms with Gasteiger partial charge >= 0.3 is 0 Å². The van der Waals surface area contributed by atoms with E-state index in [9.17, 15) is 0 Å². The standard InChI is InChI=1S/C12H16ClN/c1-4-9(5-2)10-6-7-11(14)8(3)12(10)13/h4,6-7H,5,14H2,1-3H3/b9-4+. The molecule has 0 aliphatic carbocycles. The van der Waals surface area contributed by atoms with E-state index >= 15 is 0 Å². The first-order valence-electron chi connectivity index (χ1n) is 4.82. The predicted octanol–water partition coefficient (Wildman–Crippen LogP) is 4.04. The number of allylic oxidation sites excluding steroid dienone is 2. The van der Waals surface area contributed by atoms with Crippen LogP contribution in [-0.4, -0.2) is 0 Å². The molecule has 2 N–H and O–H groups in total. The van der Waals surface area contributed by atoms with Gasteiger partial charge in [-0.2, -0.15) is 0 Å². The molecule has 0 saturated carbocycles. The van der Waals surface area contributed by atoms with Crippen LogP contribution in [0.3, 0.4) is 0 Å².